The lowest BCUT2D eigenvalue weighted by molar-refractivity contribution is -0.121. The highest BCUT2D eigenvalue weighted by atomic mass is 16.2. The van der Waals surface area contributed by atoms with E-state index in [0.29, 0.717) is 19.5 Å². The van der Waals surface area contributed by atoms with Crippen molar-refractivity contribution in [1.82, 2.24) is 10.6 Å². The Morgan fingerprint density at radius 1 is 1.21 bits per heavy atom. The van der Waals surface area contributed by atoms with Gasteiger partial charge in [-0.2, -0.15) is 0 Å². The number of nitrogens with one attached hydrogen (secondary N) is 2. The van der Waals surface area contributed by atoms with E-state index < -0.39 is 0 Å². The van der Waals surface area contributed by atoms with E-state index in [9.17, 15) is 9.59 Å². The van der Waals surface area contributed by atoms with E-state index in [-0.39, 0.29) is 16.9 Å². The van der Waals surface area contributed by atoms with Gasteiger partial charge in [-0.05, 0) is 39.0 Å². The highest BCUT2D eigenvalue weighted by Crippen LogP contribution is 2.37. The maximum atomic E-state index is 11.8. The van der Waals surface area contributed by atoms with Gasteiger partial charge in [-0.1, -0.05) is 19.3 Å². The van der Waals surface area contributed by atoms with Gasteiger partial charge < -0.3 is 15.4 Å². The fourth-order valence-corrected chi connectivity index (χ4v) is 2.63. The highest BCUT2D eigenvalue weighted by molar-refractivity contribution is 5.78. The molecule has 1 saturated carbocycles. The first-order valence-electron chi connectivity index (χ1n) is 7.32. The van der Waals surface area contributed by atoms with Gasteiger partial charge in [-0.3, -0.25) is 4.79 Å². The summed E-state index contributed by atoms with van der Waals surface area (Å²) in [6.45, 7) is 7.08. The Bertz CT molecular complexity index is 302. The first-order chi connectivity index (χ1) is 8.87. The fraction of sp³-hybridized carbons (Fsp3) is 0.867. The quantitative estimate of drug-likeness (QED) is 0.725. The van der Waals surface area contributed by atoms with Gasteiger partial charge in [-0.25, -0.2) is 0 Å². The summed E-state index contributed by atoms with van der Waals surface area (Å²) in [6.07, 6.45) is 7.27. The van der Waals surface area contributed by atoms with Crippen LogP contribution in [0.15, 0.2) is 0 Å². The lowest BCUT2D eigenvalue weighted by atomic mass is 9.72. The van der Waals surface area contributed by atoms with Crippen LogP contribution in [0.5, 0.6) is 0 Å². The second-order valence-corrected chi connectivity index (χ2v) is 6.81. The van der Waals surface area contributed by atoms with Gasteiger partial charge in [0.25, 0.3) is 0 Å². The summed E-state index contributed by atoms with van der Waals surface area (Å²) in [7, 11) is 0. The Labute approximate surface area is 116 Å². The van der Waals surface area contributed by atoms with Crippen molar-refractivity contribution in [3.05, 3.63) is 0 Å². The molecule has 0 aromatic carbocycles. The van der Waals surface area contributed by atoms with Gasteiger partial charge in [0.1, 0.15) is 6.29 Å². The Morgan fingerprint density at radius 2 is 1.84 bits per heavy atom. The standard InChI is InChI=1S/C15H28N2O2/c1-14(2,3)17-11-13(19)16-12-15(9-10-18)7-5-4-6-8-15/h10,17H,4-9,11-12H2,1-3H3,(H,16,19). The van der Waals surface area contributed by atoms with Crippen LogP contribution in [0.25, 0.3) is 0 Å². The lowest BCUT2D eigenvalue weighted by Gasteiger charge is -2.36. The third-order valence-electron chi connectivity index (χ3n) is 3.87. The van der Waals surface area contributed by atoms with Crippen LogP contribution in [0.2, 0.25) is 0 Å². The topological polar surface area (TPSA) is 58.2 Å². The van der Waals surface area contributed by atoms with Crippen LogP contribution in [0.4, 0.5) is 0 Å². The maximum Gasteiger partial charge on any atom is 0.233 e. The van der Waals surface area contributed by atoms with Crippen LogP contribution in [-0.2, 0) is 9.59 Å². The van der Waals surface area contributed by atoms with Crippen molar-refractivity contribution in [2.45, 2.75) is 64.8 Å². The van der Waals surface area contributed by atoms with E-state index >= 15 is 0 Å². The minimum Gasteiger partial charge on any atom is -0.354 e. The zero-order chi connectivity index (χ0) is 14.4. The number of aldehydes is 1. The van der Waals surface area contributed by atoms with Crippen molar-refractivity contribution in [3.63, 3.8) is 0 Å². The van der Waals surface area contributed by atoms with E-state index in [1.807, 2.05) is 20.8 Å². The number of hydrogen-bond donors (Lipinski definition) is 2. The van der Waals surface area contributed by atoms with Gasteiger partial charge >= 0.3 is 0 Å². The second kappa shape index (κ2) is 7.04. The molecule has 1 aliphatic carbocycles. The predicted octanol–water partition coefficient (Wildman–Crippen LogP) is 2.03. The molecule has 0 aromatic heterocycles. The van der Waals surface area contributed by atoms with Gasteiger partial charge in [-0.15, -0.1) is 0 Å². The minimum atomic E-state index is -0.0529. The summed E-state index contributed by atoms with van der Waals surface area (Å²) < 4.78 is 0. The van der Waals surface area contributed by atoms with Crippen molar-refractivity contribution in [3.8, 4) is 0 Å². The molecule has 0 unspecified atom stereocenters. The van der Waals surface area contributed by atoms with E-state index in [0.717, 1.165) is 19.1 Å². The normalized spacial score (nSPS) is 18.9. The lowest BCUT2D eigenvalue weighted by Crippen LogP contribution is -2.46. The fourth-order valence-electron chi connectivity index (χ4n) is 2.63. The SMILES string of the molecule is CC(C)(C)NCC(=O)NCC1(CC=O)CCCCC1. The Balaban J connectivity index is 2.39. The summed E-state index contributed by atoms with van der Waals surface area (Å²) in [5, 5.41) is 6.16. The summed E-state index contributed by atoms with van der Waals surface area (Å²) in [4.78, 5) is 22.7. The highest BCUT2D eigenvalue weighted by Gasteiger charge is 2.31. The summed E-state index contributed by atoms with van der Waals surface area (Å²) >= 11 is 0. The predicted molar refractivity (Wildman–Crippen MR) is 77.0 cm³/mol. The Morgan fingerprint density at radius 3 is 2.37 bits per heavy atom. The zero-order valence-electron chi connectivity index (χ0n) is 12.6. The summed E-state index contributed by atoms with van der Waals surface area (Å²) in [6, 6.07) is 0. The van der Waals surface area contributed by atoms with Gasteiger partial charge in [0.2, 0.25) is 5.91 Å². The average molecular weight is 268 g/mol. The zero-order valence-corrected chi connectivity index (χ0v) is 12.6. The first kappa shape index (κ1) is 16.2. The Hall–Kier alpha value is -0.900. The molecule has 4 nitrogen and oxygen atoms in total. The average Bonchev–Trinajstić information content (AvgIpc) is 2.35. The van der Waals surface area contributed by atoms with Gasteiger partial charge in [0.05, 0.1) is 6.54 Å². The Kier molecular flexibility index (Phi) is 5.98. The number of hydrogen-bond acceptors (Lipinski definition) is 3. The molecule has 19 heavy (non-hydrogen) atoms. The van der Waals surface area contributed by atoms with Crippen LogP contribution in [-0.4, -0.2) is 30.8 Å². The number of amides is 1. The van der Waals surface area contributed by atoms with Crippen LogP contribution in [0, 0.1) is 5.41 Å². The van der Waals surface area contributed by atoms with Crippen LogP contribution >= 0.6 is 0 Å². The van der Waals surface area contributed by atoms with Gasteiger partial charge in [0.15, 0.2) is 0 Å². The first-order valence-corrected chi connectivity index (χ1v) is 7.32. The van der Waals surface area contributed by atoms with E-state index in [4.69, 9.17) is 0 Å². The number of rotatable bonds is 6. The monoisotopic (exact) mass is 268 g/mol. The number of carbonyl (C=O) groups is 2. The molecule has 2 N–H and O–H groups in total. The molecule has 110 valence electrons. The van der Waals surface area contributed by atoms with Crippen LogP contribution < -0.4 is 10.6 Å². The summed E-state index contributed by atoms with van der Waals surface area (Å²) in [5.41, 5.74) is -0.0416. The van der Waals surface area contributed by atoms with Crippen molar-refractivity contribution >= 4 is 12.2 Å². The molecular weight excluding hydrogens is 240 g/mol. The third-order valence-corrected chi connectivity index (χ3v) is 3.87. The summed E-state index contributed by atoms with van der Waals surface area (Å²) in [5.74, 6) is 0.0192. The third kappa shape index (κ3) is 6.19. The molecule has 0 heterocycles. The molecule has 1 aliphatic rings. The van der Waals surface area contributed by atoms with Crippen molar-refractivity contribution < 1.29 is 9.59 Å². The molecule has 0 aromatic rings. The molecule has 0 spiro atoms. The van der Waals surface area contributed by atoms with E-state index in [2.05, 4.69) is 10.6 Å². The van der Waals surface area contributed by atoms with E-state index in [1.165, 1.54) is 19.3 Å². The smallest absolute Gasteiger partial charge is 0.233 e. The molecular formula is C15H28N2O2. The number of carbonyl (C=O) groups excluding carboxylic acids is 2. The molecule has 0 aliphatic heterocycles. The maximum absolute atomic E-state index is 11.8. The molecule has 1 fully saturated rings. The van der Waals surface area contributed by atoms with Crippen molar-refractivity contribution in [1.29, 1.82) is 0 Å². The minimum absolute atomic E-state index is 0.0113. The van der Waals surface area contributed by atoms with E-state index in [1.54, 1.807) is 0 Å². The molecule has 0 radical (unpaired) electrons. The van der Waals surface area contributed by atoms with Crippen molar-refractivity contribution in [2.75, 3.05) is 13.1 Å². The molecule has 0 atom stereocenters. The van der Waals surface area contributed by atoms with Crippen LogP contribution in [0.1, 0.15) is 59.3 Å². The van der Waals surface area contributed by atoms with Crippen molar-refractivity contribution in [2.24, 2.45) is 5.41 Å². The van der Waals surface area contributed by atoms with Crippen LogP contribution in [0.3, 0.4) is 0 Å². The second-order valence-electron chi connectivity index (χ2n) is 6.81. The molecule has 0 bridgehead atoms. The molecule has 1 amide bonds. The largest absolute Gasteiger partial charge is 0.354 e. The molecule has 0 saturated heterocycles. The molecule has 1 rings (SSSR count). The van der Waals surface area contributed by atoms with Gasteiger partial charge in [0, 0.05) is 18.5 Å². The molecule has 4 heteroatoms.